The summed E-state index contributed by atoms with van der Waals surface area (Å²) < 4.78 is 5.37. The van der Waals surface area contributed by atoms with E-state index in [0.717, 1.165) is 19.3 Å². The molecule has 1 rings (SSSR count). The fraction of sp³-hybridized carbons (Fsp3) is 0.933. The van der Waals surface area contributed by atoms with Crippen molar-refractivity contribution in [2.24, 2.45) is 17.3 Å². The number of ether oxygens (including phenoxy) is 1. The maximum atomic E-state index is 12.2. The maximum Gasteiger partial charge on any atom is 0.311 e. The Labute approximate surface area is 106 Å². The number of hydrogen-bond acceptors (Lipinski definition) is 2. The minimum Gasteiger partial charge on any atom is -0.465 e. The minimum atomic E-state index is -0.229. The third-order valence-electron chi connectivity index (χ3n) is 3.90. The van der Waals surface area contributed by atoms with Gasteiger partial charge in [0, 0.05) is 0 Å². The van der Waals surface area contributed by atoms with Gasteiger partial charge in [-0.3, -0.25) is 4.79 Å². The lowest BCUT2D eigenvalue weighted by Gasteiger charge is -2.39. The molecular formula is C15H28O2. The predicted molar refractivity (Wildman–Crippen MR) is 70.8 cm³/mol. The third-order valence-corrected chi connectivity index (χ3v) is 3.90. The van der Waals surface area contributed by atoms with Gasteiger partial charge in [0.05, 0.1) is 12.0 Å². The van der Waals surface area contributed by atoms with Crippen molar-refractivity contribution in [3.05, 3.63) is 0 Å². The van der Waals surface area contributed by atoms with Gasteiger partial charge < -0.3 is 4.74 Å². The van der Waals surface area contributed by atoms with E-state index in [2.05, 4.69) is 20.8 Å². The highest BCUT2D eigenvalue weighted by atomic mass is 16.5. The number of hydrogen-bond donors (Lipinski definition) is 0. The van der Waals surface area contributed by atoms with Crippen LogP contribution in [-0.4, -0.2) is 12.6 Å². The quantitative estimate of drug-likeness (QED) is 0.674. The van der Waals surface area contributed by atoms with Crippen LogP contribution in [0.1, 0.15) is 66.2 Å². The molecule has 1 saturated carbocycles. The van der Waals surface area contributed by atoms with Crippen LogP contribution >= 0.6 is 0 Å². The van der Waals surface area contributed by atoms with Crippen molar-refractivity contribution < 1.29 is 9.53 Å². The second-order valence-corrected chi connectivity index (χ2v) is 6.10. The standard InChI is InChI=1S/C15H28O2/c1-5-7-13-9-12(3)10-15(4,11-13)14(16)17-8-6-2/h12-13H,5-11H2,1-4H3. The summed E-state index contributed by atoms with van der Waals surface area (Å²) in [6.45, 7) is 9.21. The number of rotatable bonds is 5. The first-order chi connectivity index (χ1) is 8.01. The van der Waals surface area contributed by atoms with Crippen molar-refractivity contribution in [3.63, 3.8) is 0 Å². The van der Waals surface area contributed by atoms with Gasteiger partial charge in [0.1, 0.15) is 0 Å². The van der Waals surface area contributed by atoms with Crippen molar-refractivity contribution in [1.82, 2.24) is 0 Å². The molecule has 1 aliphatic rings. The normalized spacial score (nSPS) is 33.4. The van der Waals surface area contributed by atoms with Crippen molar-refractivity contribution in [2.45, 2.75) is 66.2 Å². The Morgan fingerprint density at radius 3 is 2.59 bits per heavy atom. The van der Waals surface area contributed by atoms with Gasteiger partial charge in [0.2, 0.25) is 0 Å². The monoisotopic (exact) mass is 240 g/mol. The van der Waals surface area contributed by atoms with Crippen molar-refractivity contribution >= 4 is 5.97 Å². The molecule has 0 bridgehead atoms. The van der Waals surface area contributed by atoms with Gasteiger partial charge in [-0.15, -0.1) is 0 Å². The zero-order chi connectivity index (χ0) is 12.9. The molecule has 100 valence electrons. The molecule has 0 aromatic heterocycles. The van der Waals surface area contributed by atoms with Gasteiger partial charge in [0.25, 0.3) is 0 Å². The molecule has 17 heavy (non-hydrogen) atoms. The predicted octanol–water partition coefficient (Wildman–Crippen LogP) is 4.18. The average Bonchev–Trinajstić information content (AvgIpc) is 2.25. The Morgan fingerprint density at radius 2 is 2.00 bits per heavy atom. The lowest BCUT2D eigenvalue weighted by atomic mass is 9.66. The van der Waals surface area contributed by atoms with Crippen LogP contribution in [0.2, 0.25) is 0 Å². The molecule has 0 heterocycles. The van der Waals surface area contributed by atoms with Gasteiger partial charge >= 0.3 is 5.97 Å². The van der Waals surface area contributed by atoms with E-state index in [9.17, 15) is 4.79 Å². The molecule has 0 amide bonds. The summed E-state index contributed by atoms with van der Waals surface area (Å²) in [5.74, 6) is 1.40. The summed E-state index contributed by atoms with van der Waals surface area (Å²) in [4.78, 5) is 12.2. The van der Waals surface area contributed by atoms with Crippen LogP contribution < -0.4 is 0 Å². The first-order valence-electron chi connectivity index (χ1n) is 7.19. The first kappa shape index (κ1) is 14.5. The molecule has 0 spiro atoms. The van der Waals surface area contributed by atoms with Crippen molar-refractivity contribution in [1.29, 1.82) is 0 Å². The van der Waals surface area contributed by atoms with E-state index < -0.39 is 0 Å². The van der Waals surface area contributed by atoms with Gasteiger partial charge in [-0.1, -0.05) is 33.6 Å². The molecule has 3 unspecified atom stereocenters. The van der Waals surface area contributed by atoms with E-state index in [0.29, 0.717) is 18.4 Å². The molecule has 2 nitrogen and oxygen atoms in total. The zero-order valence-corrected chi connectivity index (χ0v) is 11.9. The smallest absolute Gasteiger partial charge is 0.311 e. The zero-order valence-electron chi connectivity index (χ0n) is 11.9. The lowest BCUT2D eigenvalue weighted by molar-refractivity contribution is -0.159. The summed E-state index contributed by atoms with van der Waals surface area (Å²) in [6.07, 6.45) is 6.68. The molecule has 2 heteroatoms. The lowest BCUT2D eigenvalue weighted by Crippen LogP contribution is -2.38. The summed E-state index contributed by atoms with van der Waals surface area (Å²) in [7, 11) is 0. The Kier molecular flexibility index (Phi) is 5.48. The fourth-order valence-electron chi connectivity index (χ4n) is 3.39. The molecule has 0 N–H and O–H groups in total. The van der Waals surface area contributed by atoms with Gasteiger partial charge in [-0.25, -0.2) is 0 Å². The molecule has 3 atom stereocenters. The van der Waals surface area contributed by atoms with E-state index >= 15 is 0 Å². The number of esters is 1. The molecule has 0 aromatic carbocycles. The van der Waals surface area contributed by atoms with Crippen molar-refractivity contribution in [2.75, 3.05) is 6.61 Å². The second-order valence-electron chi connectivity index (χ2n) is 6.10. The molecule has 1 fully saturated rings. The summed E-state index contributed by atoms with van der Waals surface area (Å²) in [5, 5.41) is 0. The first-order valence-corrected chi connectivity index (χ1v) is 7.19. The maximum absolute atomic E-state index is 12.2. The molecule has 0 aliphatic heterocycles. The van der Waals surface area contributed by atoms with Crippen LogP contribution in [0.15, 0.2) is 0 Å². The highest BCUT2D eigenvalue weighted by Crippen LogP contribution is 2.44. The second kappa shape index (κ2) is 6.42. The largest absolute Gasteiger partial charge is 0.465 e. The number of carbonyl (C=O) groups excluding carboxylic acids is 1. The van der Waals surface area contributed by atoms with Gasteiger partial charge in [0.15, 0.2) is 0 Å². The summed E-state index contributed by atoms with van der Waals surface area (Å²) >= 11 is 0. The van der Waals surface area contributed by atoms with E-state index in [1.165, 1.54) is 19.3 Å². The van der Waals surface area contributed by atoms with Crippen LogP contribution in [0, 0.1) is 17.3 Å². The van der Waals surface area contributed by atoms with E-state index in [4.69, 9.17) is 4.74 Å². The highest BCUT2D eigenvalue weighted by molar-refractivity contribution is 5.76. The van der Waals surface area contributed by atoms with Crippen molar-refractivity contribution in [3.8, 4) is 0 Å². The Morgan fingerprint density at radius 1 is 1.29 bits per heavy atom. The molecule has 0 aromatic rings. The van der Waals surface area contributed by atoms with Crippen LogP contribution in [0.25, 0.3) is 0 Å². The molecule has 0 saturated heterocycles. The third kappa shape index (κ3) is 4.01. The van der Waals surface area contributed by atoms with E-state index in [1.807, 2.05) is 6.92 Å². The summed E-state index contributed by atoms with van der Waals surface area (Å²) in [5.41, 5.74) is -0.229. The van der Waals surface area contributed by atoms with Crippen LogP contribution in [0.4, 0.5) is 0 Å². The molecule has 0 radical (unpaired) electrons. The van der Waals surface area contributed by atoms with Crippen LogP contribution in [0.3, 0.4) is 0 Å². The minimum absolute atomic E-state index is 0.0343. The SMILES string of the molecule is CCCOC(=O)C1(C)CC(C)CC(CCC)C1. The highest BCUT2D eigenvalue weighted by Gasteiger charge is 2.41. The summed E-state index contributed by atoms with van der Waals surface area (Å²) in [6, 6.07) is 0. The fourth-order valence-corrected chi connectivity index (χ4v) is 3.39. The molecule has 1 aliphatic carbocycles. The van der Waals surface area contributed by atoms with Crippen LogP contribution in [0.5, 0.6) is 0 Å². The Bertz CT molecular complexity index is 249. The van der Waals surface area contributed by atoms with Gasteiger partial charge in [-0.05, 0) is 44.4 Å². The van der Waals surface area contributed by atoms with Gasteiger partial charge in [-0.2, -0.15) is 0 Å². The number of carbonyl (C=O) groups is 1. The van der Waals surface area contributed by atoms with Crippen LogP contribution in [-0.2, 0) is 9.53 Å². The topological polar surface area (TPSA) is 26.3 Å². The Hall–Kier alpha value is -0.530. The van der Waals surface area contributed by atoms with E-state index in [1.54, 1.807) is 0 Å². The Balaban J connectivity index is 2.62. The average molecular weight is 240 g/mol. The van der Waals surface area contributed by atoms with E-state index in [-0.39, 0.29) is 11.4 Å². The molecular weight excluding hydrogens is 212 g/mol.